The molecule has 0 rings (SSSR count). The average Bonchev–Trinajstić information content (AvgIpc) is 1.85. The summed E-state index contributed by atoms with van der Waals surface area (Å²) in [6, 6.07) is 0. The zero-order valence-electron chi connectivity index (χ0n) is 7.72. The number of hydrogen-bond donors (Lipinski definition) is 1. The van der Waals surface area contributed by atoms with E-state index in [2.05, 4.69) is 4.72 Å². The van der Waals surface area contributed by atoms with Crippen molar-refractivity contribution in [3.63, 3.8) is 0 Å². The van der Waals surface area contributed by atoms with Crippen molar-refractivity contribution in [3.8, 4) is 0 Å². The van der Waals surface area contributed by atoms with Crippen molar-refractivity contribution in [2.75, 3.05) is 12.4 Å². The quantitative estimate of drug-likeness (QED) is 0.566. The molecule has 0 radical (unpaired) electrons. The molecule has 0 aromatic heterocycles. The van der Waals surface area contributed by atoms with E-state index in [1.165, 1.54) is 0 Å². The molecule has 0 saturated heterocycles. The smallest absolute Gasteiger partial charge is 0.215 e. The van der Waals surface area contributed by atoms with E-state index in [-0.39, 0.29) is 0 Å². The van der Waals surface area contributed by atoms with Crippen LogP contribution in [0.1, 0.15) is 27.2 Å². The molecule has 0 heterocycles. The molecule has 0 saturated carbocycles. The minimum Gasteiger partial charge on any atom is -0.215 e. The molecule has 12 heavy (non-hydrogen) atoms. The normalized spacial score (nSPS) is 13.3. The standard InChI is InChI=1S/C7H16ClNO2S/c1-7(2,3)12(10,11)9-6-4-5-8/h9H,4-6H2,1-3H3. The maximum Gasteiger partial charge on any atom is 0.216 e. The number of nitrogens with one attached hydrogen (secondary N) is 1. The van der Waals surface area contributed by atoms with Gasteiger partial charge in [0.15, 0.2) is 0 Å². The van der Waals surface area contributed by atoms with E-state index < -0.39 is 14.8 Å². The minimum absolute atomic E-state index is 0.420. The first kappa shape index (κ1) is 12.2. The van der Waals surface area contributed by atoms with Crippen LogP contribution in [-0.2, 0) is 10.0 Å². The zero-order chi connectivity index (χ0) is 9.83. The predicted octanol–water partition coefficient (Wildman–Crippen LogP) is 1.33. The molecule has 0 atom stereocenters. The molecule has 5 heteroatoms. The topological polar surface area (TPSA) is 46.2 Å². The molecule has 0 aromatic carbocycles. The maximum absolute atomic E-state index is 11.4. The van der Waals surface area contributed by atoms with Gasteiger partial charge in [0.1, 0.15) is 0 Å². The fourth-order valence-electron chi connectivity index (χ4n) is 0.490. The van der Waals surface area contributed by atoms with Crippen molar-refractivity contribution in [2.45, 2.75) is 31.9 Å². The lowest BCUT2D eigenvalue weighted by atomic mass is 10.3. The second kappa shape index (κ2) is 4.44. The van der Waals surface area contributed by atoms with E-state index in [9.17, 15) is 8.42 Å². The third kappa shape index (κ3) is 3.74. The van der Waals surface area contributed by atoms with Crippen molar-refractivity contribution in [2.24, 2.45) is 0 Å². The Bertz CT molecular complexity index is 218. The molecule has 0 aromatic rings. The number of rotatable bonds is 4. The molecule has 3 nitrogen and oxygen atoms in total. The van der Waals surface area contributed by atoms with Gasteiger partial charge in [-0.1, -0.05) is 0 Å². The molecule has 0 unspecified atom stereocenters. The van der Waals surface area contributed by atoms with Crippen LogP contribution >= 0.6 is 11.6 Å². The molecule has 1 N–H and O–H groups in total. The van der Waals surface area contributed by atoms with Gasteiger partial charge in [-0.2, -0.15) is 0 Å². The van der Waals surface area contributed by atoms with E-state index >= 15 is 0 Å². The van der Waals surface area contributed by atoms with Crippen LogP contribution in [0, 0.1) is 0 Å². The summed E-state index contributed by atoms with van der Waals surface area (Å²) in [5, 5.41) is 0. The van der Waals surface area contributed by atoms with Gasteiger partial charge < -0.3 is 0 Å². The van der Waals surface area contributed by atoms with Crippen LogP contribution in [0.25, 0.3) is 0 Å². The Kier molecular flexibility index (Phi) is 4.51. The highest BCUT2D eigenvalue weighted by Crippen LogP contribution is 2.12. The van der Waals surface area contributed by atoms with Gasteiger partial charge in [-0.15, -0.1) is 11.6 Å². The molecule has 0 aliphatic heterocycles. The molecule has 0 aliphatic rings. The minimum atomic E-state index is -3.18. The van der Waals surface area contributed by atoms with Gasteiger partial charge in [0, 0.05) is 12.4 Å². The van der Waals surface area contributed by atoms with E-state index in [1.807, 2.05) is 0 Å². The summed E-state index contributed by atoms with van der Waals surface area (Å²) in [7, 11) is -3.18. The monoisotopic (exact) mass is 213 g/mol. The summed E-state index contributed by atoms with van der Waals surface area (Å²) in [4.78, 5) is 0. The largest absolute Gasteiger partial charge is 0.216 e. The molecular weight excluding hydrogens is 198 g/mol. The van der Waals surface area contributed by atoms with E-state index in [1.54, 1.807) is 20.8 Å². The van der Waals surface area contributed by atoms with E-state index in [0.717, 1.165) is 0 Å². The molecule has 0 aliphatic carbocycles. The third-order valence-electron chi connectivity index (χ3n) is 1.41. The Labute approximate surface area is 79.5 Å². The van der Waals surface area contributed by atoms with Gasteiger partial charge in [0.05, 0.1) is 4.75 Å². The Balaban J connectivity index is 4.08. The SMILES string of the molecule is CC(C)(C)S(=O)(=O)NCCCCl. The summed E-state index contributed by atoms with van der Waals surface area (Å²) in [5.74, 6) is 0.479. The van der Waals surface area contributed by atoms with Crippen LogP contribution in [0.2, 0.25) is 0 Å². The summed E-state index contributed by atoms with van der Waals surface area (Å²) in [6.45, 7) is 5.41. The molecule has 0 fully saturated rings. The zero-order valence-corrected chi connectivity index (χ0v) is 9.30. The molecule has 0 bridgehead atoms. The van der Waals surface area contributed by atoms with Gasteiger partial charge >= 0.3 is 0 Å². The van der Waals surface area contributed by atoms with Gasteiger partial charge in [-0.25, -0.2) is 13.1 Å². The van der Waals surface area contributed by atoms with Crippen LogP contribution in [0.5, 0.6) is 0 Å². The van der Waals surface area contributed by atoms with Crippen LogP contribution in [0.4, 0.5) is 0 Å². The van der Waals surface area contributed by atoms with Crippen molar-refractivity contribution in [1.82, 2.24) is 4.72 Å². The van der Waals surface area contributed by atoms with Gasteiger partial charge in [0.2, 0.25) is 10.0 Å². The molecule has 0 spiro atoms. The van der Waals surface area contributed by atoms with Gasteiger partial charge in [0.25, 0.3) is 0 Å². The van der Waals surface area contributed by atoms with E-state index in [4.69, 9.17) is 11.6 Å². The highest BCUT2D eigenvalue weighted by Gasteiger charge is 2.27. The number of sulfonamides is 1. The number of alkyl halides is 1. The summed E-state index contributed by atoms with van der Waals surface area (Å²) >= 11 is 5.41. The van der Waals surface area contributed by atoms with Crippen molar-refractivity contribution >= 4 is 21.6 Å². The Morgan fingerprint density at radius 3 is 2.17 bits per heavy atom. The summed E-state index contributed by atoms with van der Waals surface area (Å²) < 4.78 is 24.5. The Morgan fingerprint density at radius 2 is 1.83 bits per heavy atom. The summed E-state index contributed by atoms with van der Waals surface area (Å²) in [5.41, 5.74) is 0. The molecule has 0 amide bonds. The lowest BCUT2D eigenvalue weighted by molar-refractivity contribution is 0.544. The predicted molar refractivity (Wildman–Crippen MR) is 52.0 cm³/mol. The van der Waals surface area contributed by atoms with Crippen molar-refractivity contribution in [3.05, 3.63) is 0 Å². The molecule has 74 valence electrons. The average molecular weight is 214 g/mol. The lowest BCUT2D eigenvalue weighted by Crippen LogP contribution is -2.39. The van der Waals surface area contributed by atoms with Crippen molar-refractivity contribution < 1.29 is 8.42 Å². The van der Waals surface area contributed by atoms with Crippen LogP contribution in [0.15, 0.2) is 0 Å². The third-order valence-corrected chi connectivity index (χ3v) is 3.87. The van der Waals surface area contributed by atoms with Crippen LogP contribution in [-0.4, -0.2) is 25.6 Å². The highest BCUT2D eigenvalue weighted by atomic mass is 35.5. The second-order valence-electron chi connectivity index (χ2n) is 3.55. The van der Waals surface area contributed by atoms with Gasteiger partial charge in [-0.05, 0) is 27.2 Å². The number of halogens is 1. The summed E-state index contributed by atoms with van der Waals surface area (Å²) in [6.07, 6.45) is 0.664. The fraction of sp³-hybridized carbons (Fsp3) is 1.00. The maximum atomic E-state index is 11.4. The molecular formula is C7H16ClNO2S. The van der Waals surface area contributed by atoms with Crippen LogP contribution in [0.3, 0.4) is 0 Å². The lowest BCUT2D eigenvalue weighted by Gasteiger charge is -2.19. The van der Waals surface area contributed by atoms with Gasteiger partial charge in [-0.3, -0.25) is 0 Å². The second-order valence-corrected chi connectivity index (χ2v) is 6.45. The Morgan fingerprint density at radius 1 is 1.33 bits per heavy atom. The highest BCUT2D eigenvalue weighted by molar-refractivity contribution is 7.90. The first-order valence-corrected chi connectivity index (χ1v) is 5.88. The number of hydrogen-bond acceptors (Lipinski definition) is 2. The Hall–Kier alpha value is 0.200. The first-order valence-electron chi connectivity index (χ1n) is 3.86. The van der Waals surface area contributed by atoms with Crippen molar-refractivity contribution in [1.29, 1.82) is 0 Å². The fourth-order valence-corrected chi connectivity index (χ4v) is 1.47. The first-order chi connectivity index (χ1) is 5.31. The van der Waals surface area contributed by atoms with E-state index in [0.29, 0.717) is 18.8 Å². The van der Waals surface area contributed by atoms with Crippen LogP contribution < -0.4 is 4.72 Å².